The molecule has 0 saturated carbocycles. The van der Waals surface area contributed by atoms with E-state index in [1.54, 1.807) is 0 Å². The first kappa shape index (κ1) is 81.3. The molecule has 3 saturated heterocycles. The van der Waals surface area contributed by atoms with Crippen LogP contribution < -0.4 is 62.9 Å². The lowest BCUT2D eigenvalue weighted by molar-refractivity contribution is -0.354. The van der Waals surface area contributed by atoms with Gasteiger partial charge in [0, 0.05) is 34.7 Å². The van der Waals surface area contributed by atoms with Crippen LogP contribution in [0.2, 0.25) is 5.02 Å². The van der Waals surface area contributed by atoms with Crippen LogP contribution in [0.3, 0.4) is 0 Å². The molecular weight excluding hydrogens is 1470 g/mol. The van der Waals surface area contributed by atoms with Crippen molar-refractivity contribution in [3.05, 3.63) is 118 Å². The van der Waals surface area contributed by atoms with Gasteiger partial charge in [-0.1, -0.05) is 49.7 Å². The number of carboxylic acids is 1. The van der Waals surface area contributed by atoms with E-state index in [4.69, 9.17) is 61.0 Å². The number of carbonyl (C=O) groups excluding carboxylic acids is 7. The van der Waals surface area contributed by atoms with Crippen molar-refractivity contribution in [2.75, 3.05) is 13.7 Å². The molecule has 0 aromatic heterocycles. The Kier molecular flexibility index (Phi) is 24.5. The minimum absolute atomic E-state index is 0.0709. The maximum Gasteiger partial charge on any atom is 0.330 e. The number of halogens is 1. The highest BCUT2D eigenvalue weighted by Crippen LogP contribution is 2.49. The van der Waals surface area contributed by atoms with Gasteiger partial charge >= 0.3 is 5.97 Å². The molecule has 37 nitrogen and oxygen atoms in total. The normalized spacial score (nSPS) is 32.2. The quantitative estimate of drug-likeness (QED) is 0.0556. The molecule has 8 heterocycles. The number of hydrogen-bond donors (Lipinski definition) is 21. The van der Waals surface area contributed by atoms with Crippen molar-refractivity contribution < 1.29 is 138 Å². The first-order valence-electron chi connectivity index (χ1n) is 34.9. The van der Waals surface area contributed by atoms with Crippen molar-refractivity contribution in [2.24, 2.45) is 17.4 Å². The van der Waals surface area contributed by atoms with Gasteiger partial charge in [-0.05, 0) is 117 Å². The number of benzene rings is 5. The Morgan fingerprint density at radius 2 is 1.33 bits per heavy atom. The van der Waals surface area contributed by atoms with Crippen molar-refractivity contribution in [2.45, 2.75) is 194 Å². The molecule has 38 heteroatoms. The minimum atomic E-state index is -2.38. The highest BCUT2D eigenvalue weighted by atomic mass is 35.5. The topological polar surface area (TPSA) is 589 Å². The standard InChI is InChI=1S/C72H86ClN9O28/c1-25(2)15-37(76-6)63(95)81-51-54(89)30-10-14-41(36(73)17-30)106-43-19-31-18-42(60(43)109-71-61(57(92)55(90)44(24-83)107-71)110-70-58(93)56(91)53(88)26(3)104-70)105-33-11-7-28(8-12-33)59(108-46-23-72(5,75)62(94)27(4)103-46)52-68(100)80-50(69(101)102)35-20-32(84)21-40(86)47(35)34-16-29(9-13-39(34)85)48(65(97)82-52)79-66(98)49(31)78-64(96)38(22-45(74)87)77-67(51)99/h7-14,16-21,25-27,37-38,44,46,48-59,61-62,70-71,76,83-86,88-94H,15,22-24,75H2,1-6H3,(H2,74,87)(H,77,99)(H,78,96)(H,79,98)(H,80,100)(H,81,95)(H,82,97)(H,101,102)/t26-,27-,37+,38-,44+,46-,48+,49+,50-,51+,52-,53-,54+,55+,56+,57-,58+,59+,61+,62-,70-,71-,72-/m1/s1. The van der Waals surface area contributed by atoms with Crippen molar-refractivity contribution in [3.63, 3.8) is 0 Å². The highest BCUT2D eigenvalue weighted by Gasteiger charge is 2.53. The van der Waals surface area contributed by atoms with Gasteiger partial charge in [-0.2, -0.15) is 0 Å². The number of aromatic hydroxyl groups is 3. The van der Waals surface area contributed by atoms with Crippen LogP contribution in [-0.4, -0.2) is 232 Å². The van der Waals surface area contributed by atoms with E-state index >= 15 is 19.2 Å². The molecule has 13 rings (SSSR count). The zero-order valence-electron chi connectivity index (χ0n) is 59.6. The van der Waals surface area contributed by atoms with Crippen molar-refractivity contribution in [1.29, 1.82) is 0 Å². The third-order valence-electron chi connectivity index (χ3n) is 19.8. The van der Waals surface area contributed by atoms with Crippen LogP contribution in [0.25, 0.3) is 11.1 Å². The molecule has 23 atom stereocenters. The summed E-state index contributed by atoms with van der Waals surface area (Å²) in [6, 6.07) is 0.905. The predicted octanol–water partition coefficient (Wildman–Crippen LogP) is -1.70. The third-order valence-corrected chi connectivity index (χ3v) is 20.1. The van der Waals surface area contributed by atoms with Gasteiger partial charge in [0.1, 0.15) is 108 Å². The molecule has 8 aliphatic heterocycles. The number of carboxylic acid groups (broad SMARTS) is 1. The van der Waals surface area contributed by atoms with E-state index in [1.165, 1.54) is 64.2 Å². The lowest BCUT2D eigenvalue weighted by atomic mass is 9.86. The largest absolute Gasteiger partial charge is 0.508 e. The van der Waals surface area contributed by atoms with E-state index in [2.05, 4.69) is 37.2 Å². The number of aliphatic carboxylic acids is 1. The predicted molar refractivity (Wildman–Crippen MR) is 376 cm³/mol. The second-order valence-corrected chi connectivity index (χ2v) is 28.8. The number of carbonyl (C=O) groups is 8. The fraction of sp³-hybridized carbons (Fsp3) is 0.472. The lowest BCUT2D eigenvalue weighted by Crippen LogP contribution is -2.64. The van der Waals surface area contributed by atoms with Crippen LogP contribution in [0.4, 0.5) is 0 Å². The van der Waals surface area contributed by atoms with Gasteiger partial charge < -0.3 is 148 Å². The molecule has 0 spiro atoms. The number of nitrogens with one attached hydrogen (secondary N) is 7. The molecule has 8 aliphatic rings. The zero-order chi connectivity index (χ0) is 80.0. The molecule has 11 bridgehead atoms. The first-order valence-corrected chi connectivity index (χ1v) is 35.3. The molecule has 594 valence electrons. The Morgan fingerprint density at radius 3 is 1.97 bits per heavy atom. The molecule has 5 aromatic carbocycles. The Hall–Kier alpha value is -9.65. The zero-order valence-corrected chi connectivity index (χ0v) is 60.4. The van der Waals surface area contributed by atoms with Crippen LogP contribution in [0.15, 0.2) is 84.9 Å². The molecule has 23 N–H and O–H groups in total. The van der Waals surface area contributed by atoms with Gasteiger partial charge in [-0.15, -0.1) is 0 Å². The van der Waals surface area contributed by atoms with Crippen LogP contribution in [0, 0.1) is 5.92 Å². The van der Waals surface area contributed by atoms with Gasteiger partial charge in [0.25, 0.3) is 0 Å². The second kappa shape index (κ2) is 33.1. The van der Waals surface area contributed by atoms with E-state index in [0.29, 0.717) is 0 Å². The van der Waals surface area contributed by atoms with E-state index in [-0.39, 0.29) is 46.9 Å². The smallest absolute Gasteiger partial charge is 0.330 e. The van der Waals surface area contributed by atoms with E-state index in [0.717, 1.165) is 48.5 Å². The molecule has 0 unspecified atom stereocenters. The van der Waals surface area contributed by atoms with Gasteiger partial charge in [0.2, 0.25) is 53.4 Å². The summed E-state index contributed by atoms with van der Waals surface area (Å²) in [5, 5.41) is 153. The summed E-state index contributed by atoms with van der Waals surface area (Å²) in [6.07, 6.45) is -28.3. The molecule has 5 aromatic rings. The van der Waals surface area contributed by atoms with Crippen LogP contribution in [0.1, 0.15) is 112 Å². The number of phenolic OH excluding ortho intramolecular Hbond substituents is 3. The number of aliphatic hydroxyl groups is 8. The molecular formula is C72H86ClN9O28. The SMILES string of the molecule is CN[C@@H](CC(C)C)C(=O)N[C@@H]1C(=O)N[C@H](CC(N)=O)C(=O)N[C@@H]2C(=O)N[C@@H]3C(=O)N[C@@H](C(=O)N[C@@H](C(=O)O)c4cc(O)cc(O)c4-c4cc3ccc4O)[C@@H](O[C@@H]3C[C@@](C)(N)[C@H](O)[C@@H](C)O3)c3ccc(cc3)Oc3cc2cc(c3O[C@H]2O[C@@H](CO)[C@H](O)[C@@H](O)[C@@H]2O[C@H]2O[C@H](C)[C@@H](O)[C@H](O)[C@@H]2O)Oc2ccc(cc2Cl)[C@@H]1O. The number of hydrogen-bond acceptors (Lipinski definition) is 29. The van der Waals surface area contributed by atoms with Crippen LogP contribution in [-0.2, 0) is 62.0 Å². The number of fused-ring (bicyclic) bond motifs is 15. The number of likely N-dealkylation sites (N-methyl/N-ethyl adjacent to an activating group) is 1. The maximum absolute atomic E-state index is 16.3. The first-order chi connectivity index (χ1) is 51.9. The highest BCUT2D eigenvalue weighted by molar-refractivity contribution is 6.32. The number of phenols is 3. The van der Waals surface area contributed by atoms with Gasteiger partial charge in [0.05, 0.1) is 42.4 Å². The number of rotatable bonds is 15. The summed E-state index contributed by atoms with van der Waals surface area (Å²) in [5.74, 6) is -16.0. The fourth-order valence-electron chi connectivity index (χ4n) is 13.9. The van der Waals surface area contributed by atoms with Crippen molar-refractivity contribution >= 4 is 58.9 Å². The Bertz CT molecular complexity index is 4330. The summed E-state index contributed by atoms with van der Waals surface area (Å²) in [7, 11) is 1.46. The average Bonchev–Trinajstić information content (AvgIpc) is 0.763. The number of nitrogens with two attached hydrogens (primary N) is 2. The Labute approximate surface area is 631 Å². The van der Waals surface area contributed by atoms with Gasteiger partial charge in [-0.25, -0.2) is 4.79 Å². The summed E-state index contributed by atoms with van der Waals surface area (Å²) in [4.78, 5) is 119. The summed E-state index contributed by atoms with van der Waals surface area (Å²) >= 11 is 7.10. The van der Waals surface area contributed by atoms with Gasteiger partial charge in [0.15, 0.2) is 36.2 Å². The van der Waals surface area contributed by atoms with Crippen molar-refractivity contribution in [1.82, 2.24) is 37.2 Å². The molecule has 3 fully saturated rings. The summed E-state index contributed by atoms with van der Waals surface area (Å²) < 4.78 is 50.8. The number of aliphatic hydroxyl groups excluding tert-OH is 8. The molecule has 110 heavy (non-hydrogen) atoms. The fourth-order valence-corrected chi connectivity index (χ4v) is 14.1. The summed E-state index contributed by atoms with van der Waals surface area (Å²) in [5.41, 5.74) is 8.22. The monoisotopic (exact) mass is 1560 g/mol. The number of amides is 7. The maximum atomic E-state index is 16.3. The molecule has 0 radical (unpaired) electrons. The van der Waals surface area contributed by atoms with E-state index < -0.39 is 262 Å². The third kappa shape index (κ3) is 17.1. The molecule has 0 aliphatic carbocycles. The lowest BCUT2D eigenvalue weighted by Gasteiger charge is -2.45. The minimum Gasteiger partial charge on any atom is -0.508 e. The van der Waals surface area contributed by atoms with Crippen LogP contribution in [0.5, 0.6) is 46.0 Å². The second-order valence-electron chi connectivity index (χ2n) is 28.4. The number of ether oxygens (including phenoxy) is 8. The number of primary amides is 1. The molecule has 7 amide bonds. The van der Waals surface area contributed by atoms with Crippen LogP contribution >= 0.6 is 11.6 Å². The van der Waals surface area contributed by atoms with Gasteiger partial charge in [-0.3, -0.25) is 33.6 Å². The Morgan fingerprint density at radius 1 is 0.673 bits per heavy atom. The van der Waals surface area contributed by atoms with Crippen molar-refractivity contribution in [3.8, 4) is 57.1 Å². The average molecular weight is 1560 g/mol. The van der Waals surface area contributed by atoms with E-state index in [9.17, 15) is 80.5 Å². The van der Waals surface area contributed by atoms with E-state index in [1.807, 2.05) is 13.8 Å². The Balaban J connectivity index is 1.18. The summed E-state index contributed by atoms with van der Waals surface area (Å²) in [6.45, 7) is 6.83.